The highest BCUT2D eigenvalue weighted by Gasteiger charge is 2.41. The molecule has 188 valence electrons. The average molecular weight is 529 g/mol. The third kappa shape index (κ3) is 4.34. The summed E-state index contributed by atoms with van der Waals surface area (Å²) in [6, 6.07) is 7.36. The Hall–Kier alpha value is -3.39. The molecule has 14 heteroatoms. The first-order valence-corrected chi connectivity index (χ1v) is 11.1. The van der Waals surface area contributed by atoms with Gasteiger partial charge >= 0.3 is 18.5 Å². The normalized spacial score (nSPS) is 13.0. The highest BCUT2D eigenvalue weighted by atomic mass is 32.1. The third-order valence-electron chi connectivity index (χ3n) is 5.32. The van der Waals surface area contributed by atoms with Crippen LogP contribution in [0.15, 0.2) is 36.7 Å². The van der Waals surface area contributed by atoms with Crippen LogP contribution in [0.1, 0.15) is 16.8 Å². The highest BCUT2D eigenvalue weighted by molar-refractivity contribution is 7.26. The molecule has 4 heterocycles. The number of hydrogen-bond donors (Lipinski definition) is 0. The van der Waals surface area contributed by atoms with Gasteiger partial charge in [0.05, 0.1) is 12.1 Å². The van der Waals surface area contributed by atoms with Gasteiger partial charge in [-0.3, -0.25) is 0 Å². The van der Waals surface area contributed by atoms with Crippen molar-refractivity contribution in [1.82, 2.24) is 24.6 Å². The number of thiophene rings is 1. The van der Waals surface area contributed by atoms with E-state index in [0.717, 1.165) is 17.4 Å². The summed E-state index contributed by atoms with van der Waals surface area (Å²) in [6.07, 6.45) is -7.04. The van der Waals surface area contributed by atoms with E-state index in [2.05, 4.69) is 20.1 Å². The van der Waals surface area contributed by atoms with Crippen LogP contribution in [0.3, 0.4) is 0 Å². The van der Waals surface area contributed by atoms with Crippen LogP contribution in [0.4, 0.5) is 30.7 Å². The van der Waals surface area contributed by atoms with Gasteiger partial charge in [-0.1, -0.05) is 18.2 Å². The quantitative estimate of drug-likeness (QED) is 0.242. The fourth-order valence-corrected chi connectivity index (χ4v) is 4.82. The zero-order valence-corrected chi connectivity index (χ0v) is 19.0. The molecule has 0 radical (unpaired) electrons. The lowest BCUT2D eigenvalue weighted by atomic mass is 10.1. The third-order valence-corrected chi connectivity index (χ3v) is 6.39. The lowest BCUT2D eigenvalue weighted by molar-refractivity contribution is -0.168. The molecule has 0 saturated carbocycles. The van der Waals surface area contributed by atoms with E-state index in [0.29, 0.717) is 37.9 Å². The SMILES string of the molecule is Cc1cc(C(F)(F)F)nc2sc3c(ncn4nc(-c5cccc(COCC(F)(F)C(F)F)c5)nc34)c12. The summed E-state index contributed by atoms with van der Waals surface area (Å²) in [4.78, 5) is 12.8. The van der Waals surface area contributed by atoms with Crippen molar-refractivity contribution in [3.05, 3.63) is 53.5 Å². The van der Waals surface area contributed by atoms with Crippen molar-refractivity contribution in [2.45, 2.75) is 32.1 Å². The van der Waals surface area contributed by atoms with Gasteiger partial charge in [0, 0.05) is 10.9 Å². The molecule has 0 aliphatic heterocycles. The Morgan fingerprint density at radius 3 is 2.58 bits per heavy atom. The summed E-state index contributed by atoms with van der Waals surface area (Å²) < 4.78 is 97.0. The van der Waals surface area contributed by atoms with Gasteiger partial charge in [-0.05, 0) is 30.2 Å². The largest absolute Gasteiger partial charge is 0.433 e. The topological polar surface area (TPSA) is 65.2 Å². The molecule has 5 aromatic rings. The highest BCUT2D eigenvalue weighted by Crippen LogP contribution is 2.38. The second-order valence-corrected chi connectivity index (χ2v) is 8.98. The van der Waals surface area contributed by atoms with E-state index in [1.807, 2.05) is 0 Å². The monoisotopic (exact) mass is 529 g/mol. The summed E-state index contributed by atoms with van der Waals surface area (Å²) in [6.45, 7) is -0.212. The zero-order valence-electron chi connectivity index (χ0n) is 18.2. The molecule has 4 aromatic heterocycles. The number of halogens is 7. The summed E-state index contributed by atoms with van der Waals surface area (Å²) in [5, 5.41) is 4.85. The van der Waals surface area contributed by atoms with Crippen molar-refractivity contribution in [3.63, 3.8) is 0 Å². The number of aromatic nitrogens is 5. The number of rotatable bonds is 6. The fraction of sp³-hybridized carbons (Fsp3) is 0.273. The number of hydrogen-bond acceptors (Lipinski definition) is 6. The molecule has 5 rings (SSSR count). The second kappa shape index (κ2) is 8.62. The molecule has 0 bridgehead atoms. The van der Waals surface area contributed by atoms with E-state index in [4.69, 9.17) is 4.74 Å². The molecule has 0 unspecified atom stereocenters. The summed E-state index contributed by atoms with van der Waals surface area (Å²) >= 11 is 1.01. The zero-order chi connectivity index (χ0) is 25.8. The minimum atomic E-state index is -4.59. The second-order valence-electron chi connectivity index (χ2n) is 7.99. The van der Waals surface area contributed by atoms with Gasteiger partial charge in [0.25, 0.3) is 0 Å². The molecule has 1 aromatic carbocycles. The lowest BCUT2D eigenvalue weighted by Crippen LogP contribution is -2.32. The van der Waals surface area contributed by atoms with E-state index in [1.54, 1.807) is 31.2 Å². The standard InChI is InChI=1S/C22H14F7N5OS/c1-10-5-13(22(27,28)29)31-19-14(10)15-16(36-19)18-32-17(33-34(18)9-30-15)12-4-2-3-11(6-12)7-35-8-21(25,26)20(23)24/h2-6,9,20H,7-8H2,1H3. The maximum atomic E-state index is 13.2. The first-order chi connectivity index (χ1) is 16.9. The minimum Gasteiger partial charge on any atom is -0.370 e. The van der Waals surface area contributed by atoms with Crippen molar-refractivity contribution in [2.24, 2.45) is 0 Å². The Morgan fingerprint density at radius 1 is 1.08 bits per heavy atom. The first kappa shape index (κ1) is 24.3. The average Bonchev–Trinajstić information content (AvgIpc) is 3.40. The molecule has 0 amide bonds. The molecule has 6 nitrogen and oxygen atoms in total. The van der Waals surface area contributed by atoms with Crippen LogP contribution in [0, 0.1) is 6.92 Å². The number of aryl methyl sites for hydroxylation is 1. The number of ether oxygens (including phenoxy) is 1. The summed E-state index contributed by atoms with van der Waals surface area (Å²) in [5.41, 5.74) is 1.10. The Bertz CT molecular complexity index is 1600. The maximum absolute atomic E-state index is 13.2. The molecular weight excluding hydrogens is 515 g/mol. The molecule has 0 atom stereocenters. The molecule has 0 aliphatic carbocycles. The maximum Gasteiger partial charge on any atom is 0.433 e. The van der Waals surface area contributed by atoms with Crippen molar-refractivity contribution < 1.29 is 35.5 Å². The molecule has 0 spiro atoms. The van der Waals surface area contributed by atoms with E-state index < -0.39 is 30.8 Å². The van der Waals surface area contributed by atoms with Crippen LogP contribution >= 0.6 is 11.3 Å². The van der Waals surface area contributed by atoms with Gasteiger partial charge in [-0.15, -0.1) is 16.4 Å². The number of benzene rings is 1. The van der Waals surface area contributed by atoms with Crippen LogP contribution in [0.2, 0.25) is 0 Å². The van der Waals surface area contributed by atoms with E-state index in [1.165, 1.54) is 10.8 Å². The molecular formula is C22H14F7N5OS. The van der Waals surface area contributed by atoms with Crippen molar-refractivity contribution >= 4 is 37.4 Å². The number of alkyl halides is 7. The van der Waals surface area contributed by atoms with Gasteiger partial charge in [-0.2, -0.15) is 22.0 Å². The number of pyridine rings is 1. The minimum absolute atomic E-state index is 0.169. The smallest absolute Gasteiger partial charge is 0.370 e. The van der Waals surface area contributed by atoms with Gasteiger partial charge < -0.3 is 4.74 Å². The molecule has 0 saturated heterocycles. The predicted octanol–water partition coefficient (Wildman–Crippen LogP) is 6.30. The van der Waals surface area contributed by atoms with E-state index >= 15 is 0 Å². The summed E-state index contributed by atoms with van der Waals surface area (Å²) in [7, 11) is 0. The predicted molar refractivity (Wildman–Crippen MR) is 117 cm³/mol. The van der Waals surface area contributed by atoms with Crippen LogP contribution in [-0.4, -0.2) is 43.5 Å². The van der Waals surface area contributed by atoms with Gasteiger partial charge in [0.15, 0.2) is 11.5 Å². The Balaban J connectivity index is 1.50. The molecule has 0 fully saturated rings. The molecule has 0 aliphatic rings. The summed E-state index contributed by atoms with van der Waals surface area (Å²) in [5.74, 6) is -4.01. The van der Waals surface area contributed by atoms with Crippen LogP contribution < -0.4 is 0 Å². The Morgan fingerprint density at radius 2 is 1.86 bits per heavy atom. The van der Waals surface area contributed by atoms with E-state index in [-0.39, 0.29) is 17.3 Å². The van der Waals surface area contributed by atoms with Gasteiger partial charge in [0.1, 0.15) is 28.2 Å². The van der Waals surface area contributed by atoms with Gasteiger partial charge in [-0.25, -0.2) is 28.2 Å². The molecule has 36 heavy (non-hydrogen) atoms. The molecule has 0 N–H and O–H groups in total. The fourth-order valence-electron chi connectivity index (χ4n) is 3.65. The Labute approximate surface area is 201 Å². The number of nitrogens with zero attached hydrogens (tertiary/aromatic N) is 5. The Kier molecular flexibility index (Phi) is 5.82. The van der Waals surface area contributed by atoms with Crippen molar-refractivity contribution in [1.29, 1.82) is 0 Å². The van der Waals surface area contributed by atoms with E-state index in [9.17, 15) is 30.7 Å². The van der Waals surface area contributed by atoms with Crippen LogP contribution in [0.25, 0.3) is 37.5 Å². The first-order valence-electron chi connectivity index (χ1n) is 10.3. The lowest BCUT2D eigenvalue weighted by Gasteiger charge is -2.15. The van der Waals surface area contributed by atoms with Crippen molar-refractivity contribution in [3.8, 4) is 11.4 Å². The van der Waals surface area contributed by atoms with Crippen LogP contribution in [0.5, 0.6) is 0 Å². The number of fused-ring (bicyclic) bond motifs is 5. The van der Waals surface area contributed by atoms with Crippen LogP contribution in [-0.2, 0) is 17.5 Å². The van der Waals surface area contributed by atoms with Gasteiger partial charge in [0.2, 0.25) is 0 Å². The van der Waals surface area contributed by atoms with Crippen molar-refractivity contribution in [2.75, 3.05) is 6.61 Å².